The second-order valence-corrected chi connectivity index (χ2v) is 20.2. The molecular formula is C68H114O6. The molecule has 0 saturated heterocycles. The van der Waals surface area contributed by atoms with Crippen LogP contribution in [0.3, 0.4) is 0 Å². The minimum absolute atomic E-state index is 0.0962. The Labute approximate surface area is 457 Å². The Hall–Kier alpha value is -3.93. The predicted octanol–water partition coefficient (Wildman–Crippen LogP) is 21.0. The van der Waals surface area contributed by atoms with E-state index in [1.165, 1.54) is 109 Å². The number of hydrogen-bond donors (Lipinski definition) is 0. The van der Waals surface area contributed by atoms with E-state index in [1.807, 2.05) is 0 Å². The fourth-order valence-electron chi connectivity index (χ4n) is 8.35. The highest BCUT2D eigenvalue weighted by molar-refractivity contribution is 5.71. The molecule has 0 saturated carbocycles. The van der Waals surface area contributed by atoms with Crippen molar-refractivity contribution in [2.24, 2.45) is 0 Å². The van der Waals surface area contributed by atoms with Gasteiger partial charge in [-0.3, -0.25) is 14.4 Å². The Morgan fingerprint density at radius 2 is 0.527 bits per heavy atom. The molecular weight excluding hydrogens is 913 g/mol. The van der Waals surface area contributed by atoms with Crippen molar-refractivity contribution in [3.8, 4) is 0 Å². The predicted molar refractivity (Wildman–Crippen MR) is 320 cm³/mol. The first-order chi connectivity index (χ1) is 36.5. The Kier molecular flexibility index (Phi) is 58.3. The molecule has 0 rings (SSSR count). The van der Waals surface area contributed by atoms with E-state index in [1.54, 1.807) is 0 Å². The van der Waals surface area contributed by atoms with Crippen molar-refractivity contribution >= 4 is 17.9 Å². The number of ether oxygens (including phenoxy) is 3. The Morgan fingerprint density at radius 3 is 0.851 bits per heavy atom. The van der Waals surface area contributed by atoms with Crippen molar-refractivity contribution in [3.63, 3.8) is 0 Å². The van der Waals surface area contributed by atoms with Gasteiger partial charge < -0.3 is 14.2 Å². The molecule has 74 heavy (non-hydrogen) atoms. The Bertz CT molecular complexity index is 1510. The molecule has 0 N–H and O–H groups in total. The third-order valence-electron chi connectivity index (χ3n) is 13.0. The van der Waals surface area contributed by atoms with Crippen LogP contribution in [-0.4, -0.2) is 37.2 Å². The summed E-state index contributed by atoms with van der Waals surface area (Å²) in [6, 6.07) is 0. The number of unbranched alkanes of at least 4 members (excludes halogenated alkanes) is 26. The van der Waals surface area contributed by atoms with Gasteiger partial charge in [-0.25, -0.2) is 0 Å². The van der Waals surface area contributed by atoms with Crippen LogP contribution in [0, 0.1) is 0 Å². The summed E-state index contributed by atoms with van der Waals surface area (Å²) in [4.78, 5) is 38.3. The number of carbonyl (C=O) groups excluding carboxylic acids is 3. The zero-order valence-corrected chi connectivity index (χ0v) is 48.3. The molecule has 422 valence electrons. The minimum atomic E-state index is -0.800. The lowest BCUT2D eigenvalue weighted by Gasteiger charge is -2.18. The quantitative estimate of drug-likeness (QED) is 0.0261. The SMILES string of the molecule is CC/C=C\C/C=C\C/C=C\C/C=C\C/C=C\C/C=C\CCCCCCC(=O)OCC(COC(=O)CCCCCCC/C=C\C/C=C\CCCCCC)OC(=O)CCCCCCCCC/C=C\CCCCCCCC. The largest absolute Gasteiger partial charge is 0.462 e. The van der Waals surface area contributed by atoms with Crippen LogP contribution in [0.2, 0.25) is 0 Å². The first kappa shape index (κ1) is 70.1. The van der Waals surface area contributed by atoms with E-state index < -0.39 is 6.10 Å². The summed E-state index contributed by atoms with van der Waals surface area (Å²) in [5.41, 5.74) is 0. The first-order valence-electron chi connectivity index (χ1n) is 30.9. The van der Waals surface area contributed by atoms with Gasteiger partial charge in [-0.2, -0.15) is 0 Å². The van der Waals surface area contributed by atoms with E-state index in [-0.39, 0.29) is 31.1 Å². The van der Waals surface area contributed by atoms with Gasteiger partial charge in [-0.15, -0.1) is 0 Å². The maximum Gasteiger partial charge on any atom is 0.306 e. The topological polar surface area (TPSA) is 78.9 Å². The smallest absolute Gasteiger partial charge is 0.306 e. The molecule has 0 aromatic rings. The normalized spacial score (nSPS) is 12.9. The van der Waals surface area contributed by atoms with Gasteiger partial charge in [0.1, 0.15) is 13.2 Å². The molecule has 1 unspecified atom stereocenters. The Morgan fingerprint density at radius 1 is 0.284 bits per heavy atom. The molecule has 0 amide bonds. The van der Waals surface area contributed by atoms with Crippen LogP contribution in [-0.2, 0) is 28.6 Å². The van der Waals surface area contributed by atoms with Crippen LogP contribution >= 0.6 is 0 Å². The van der Waals surface area contributed by atoms with Gasteiger partial charge in [0.05, 0.1) is 0 Å². The molecule has 0 aliphatic rings. The van der Waals surface area contributed by atoms with Gasteiger partial charge in [0, 0.05) is 19.3 Å². The van der Waals surface area contributed by atoms with Crippen molar-refractivity contribution in [3.05, 3.63) is 109 Å². The highest BCUT2D eigenvalue weighted by Gasteiger charge is 2.19. The number of carbonyl (C=O) groups is 3. The molecule has 0 aromatic heterocycles. The monoisotopic (exact) mass is 1030 g/mol. The van der Waals surface area contributed by atoms with Gasteiger partial charge in [0.25, 0.3) is 0 Å². The highest BCUT2D eigenvalue weighted by atomic mass is 16.6. The molecule has 1 atom stereocenters. The molecule has 0 aromatic carbocycles. The van der Waals surface area contributed by atoms with Crippen LogP contribution in [0.25, 0.3) is 0 Å². The number of hydrogen-bond acceptors (Lipinski definition) is 6. The molecule has 0 aliphatic carbocycles. The average molecular weight is 1030 g/mol. The van der Waals surface area contributed by atoms with Crippen LogP contribution in [0.5, 0.6) is 0 Å². The maximum atomic E-state index is 12.9. The third-order valence-corrected chi connectivity index (χ3v) is 13.0. The summed E-state index contributed by atoms with van der Waals surface area (Å²) < 4.78 is 16.9. The van der Waals surface area contributed by atoms with E-state index in [4.69, 9.17) is 14.2 Å². The van der Waals surface area contributed by atoms with Gasteiger partial charge in [0.15, 0.2) is 6.10 Å². The van der Waals surface area contributed by atoms with E-state index in [0.717, 1.165) is 135 Å². The second-order valence-electron chi connectivity index (χ2n) is 20.2. The van der Waals surface area contributed by atoms with Crippen molar-refractivity contribution in [2.45, 2.75) is 290 Å². The van der Waals surface area contributed by atoms with E-state index in [0.29, 0.717) is 19.3 Å². The number of allylic oxidation sites excluding steroid dienone is 18. The molecule has 0 aliphatic heterocycles. The lowest BCUT2D eigenvalue weighted by Crippen LogP contribution is -2.30. The minimum Gasteiger partial charge on any atom is -0.462 e. The second kappa shape index (κ2) is 61.6. The van der Waals surface area contributed by atoms with E-state index >= 15 is 0 Å². The molecule has 0 heterocycles. The Balaban J connectivity index is 4.46. The maximum absolute atomic E-state index is 12.9. The molecule has 0 fully saturated rings. The van der Waals surface area contributed by atoms with Gasteiger partial charge in [-0.05, 0) is 128 Å². The van der Waals surface area contributed by atoms with Crippen LogP contribution < -0.4 is 0 Å². The standard InChI is InChI=1S/C68H114O6/c1-4-7-10-13-16-19-22-25-28-31-32-33-34-35-36-38-40-43-46-49-52-55-58-61-67(70)73-64-65(63-72-66(69)60-57-54-51-48-45-42-39-30-27-24-21-18-15-12-9-6-3)74-68(71)62-59-56-53-50-47-44-41-37-29-26-23-20-17-14-11-8-5-2/h7,10,16,19,21,24-26,28-30,32-33,35-36,39-40,43,65H,4-6,8-9,11-15,17-18,20,22-23,27,31,34,37-38,41-42,44-64H2,1-3H3/b10-7-,19-16-,24-21-,28-25-,29-26-,33-32-,36-35-,39-30-,43-40-. The van der Waals surface area contributed by atoms with Crippen molar-refractivity contribution in [2.75, 3.05) is 13.2 Å². The van der Waals surface area contributed by atoms with Gasteiger partial charge >= 0.3 is 17.9 Å². The first-order valence-corrected chi connectivity index (χ1v) is 30.9. The summed E-state index contributed by atoms with van der Waals surface area (Å²) >= 11 is 0. The van der Waals surface area contributed by atoms with E-state index in [9.17, 15) is 14.4 Å². The third kappa shape index (κ3) is 59.0. The zero-order chi connectivity index (χ0) is 53.6. The molecule has 6 nitrogen and oxygen atoms in total. The number of esters is 3. The number of rotatable bonds is 55. The van der Waals surface area contributed by atoms with Crippen molar-refractivity contribution in [1.29, 1.82) is 0 Å². The van der Waals surface area contributed by atoms with Crippen LogP contribution in [0.4, 0.5) is 0 Å². The average Bonchev–Trinajstić information content (AvgIpc) is 3.40. The summed E-state index contributed by atoms with van der Waals surface area (Å²) in [7, 11) is 0. The molecule has 0 bridgehead atoms. The summed E-state index contributed by atoms with van der Waals surface area (Å²) in [6.45, 7) is 6.48. The van der Waals surface area contributed by atoms with Crippen molar-refractivity contribution < 1.29 is 28.6 Å². The fourth-order valence-corrected chi connectivity index (χ4v) is 8.35. The molecule has 6 heteroatoms. The summed E-state index contributed by atoms with van der Waals surface area (Å²) in [5, 5.41) is 0. The fraction of sp³-hybridized carbons (Fsp3) is 0.691. The van der Waals surface area contributed by atoms with Crippen molar-refractivity contribution in [1.82, 2.24) is 0 Å². The van der Waals surface area contributed by atoms with Gasteiger partial charge in [0.2, 0.25) is 0 Å². The van der Waals surface area contributed by atoms with Crippen LogP contribution in [0.15, 0.2) is 109 Å². The zero-order valence-electron chi connectivity index (χ0n) is 48.3. The molecule has 0 spiro atoms. The highest BCUT2D eigenvalue weighted by Crippen LogP contribution is 2.14. The van der Waals surface area contributed by atoms with Crippen LogP contribution in [0.1, 0.15) is 284 Å². The summed E-state index contributed by atoms with van der Waals surface area (Å²) in [6.07, 6.45) is 83.6. The molecule has 0 radical (unpaired) electrons. The summed E-state index contributed by atoms with van der Waals surface area (Å²) in [5.74, 6) is -0.934. The lowest BCUT2D eigenvalue weighted by molar-refractivity contribution is -0.167. The van der Waals surface area contributed by atoms with Gasteiger partial charge in [-0.1, -0.05) is 246 Å². The van der Waals surface area contributed by atoms with E-state index in [2.05, 4.69) is 130 Å². The lowest BCUT2D eigenvalue weighted by atomic mass is 10.1.